The van der Waals surface area contributed by atoms with Gasteiger partial charge in [-0.3, -0.25) is 9.59 Å². The highest BCUT2D eigenvalue weighted by molar-refractivity contribution is 7.21. The van der Waals surface area contributed by atoms with Crippen LogP contribution in [0.25, 0.3) is 43.0 Å². The second-order valence-corrected chi connectivity index (χ2v) is 12.6. The van der Waals surface area contributed by atoms with Crippen LogP contribution >= 0.6 is 23.1 Å². The molecule has 0 aliphatic carbocycles. The average molecular weight is 621 g/mol. The lowest BCUT2D eigenvalue weighted by molar-refractivity contribution is 1.30. The molecule has 0 radical (unpaired) electrons. The van der Waals surface area contributed by atoms with Crippen molar-refractivity contribution in [3.05, 3.63) is 146 Å². The smallest absolute Gasteiger partial charge is 0.252 e. The Balaban J connectivity index is 1.34. The van der Waals surface area contributed by atoms with Crippen molar-refractivity contribution in [2.45, 2.75) is 13.8 Å². The van der Waals surface area contributed by atoms with Gasteiger partial charge in [0, 0.05) is 43.4 Å². The number of thiophene rings is 1. The minimum atomic E-state index is -0.599. The first-order valence-electron chi connectivity index (χ1n) is 14.5. The molecule has 2 heterocycles. The van der Waals surface area contributed by atoms with Crippen LogP contribution in [0, 0.1) is 13.8 Å². The molecule has 0 aliphatic rings. The van der Waals surface area contributed by atoms with Gasteiger partial charge in [0.05, 0.1) is 17.4 Å². The summed E-state index contributed by atoms with van der Waals surface area (Å²) < 4.78 is 9.31. The van der Waals surface area contributed by atoms with E-state index in [4.69, 9.17) is 9.37 Å². The minimum absolute atomic E-state index is 0.147. The van der Waals surface area contributed by atoms with Crippen molar-refractivity contribution in [2.24, 2.45) is 4.99 Å². The highest BCUT2D eigenvalue weighted by atomic mass is 32.1. The molecular formula is C37H24N4O2S2. The Morgan fingerprint density at radius 1 is 0.600 bits per heavy atom. The number of rotatable bonds is 5. The third kappa shape index (κ3) is 4.49. The lowest BCUT2D eigenvalue weighted by Gasteiger charge is -2.24. The summed E-state index contributed by atoms with van der Waals surface area (Å²) in [6, 6.07) is 36.5. The summed E-state index contributed by atoms with van der Waals surface area (Å²) in [7, 11) is 0. The number of nitrogens with zero attached hydrogens (tertiary/aromatic N) is 4. The zero-order valence-electron chi connectivity index (χ0n) is 24.3. The van der Waals surface area contributed by atoms with E-state index >= 15 is 0 Å². The molecule has 2 aromatic heterocycles. The largest absolute Gasteiger partial charge is 0.301 e. The van der Waals surface area contributed by atoms with Crippen molar-refractivity contribution in [3.8, 4) is 10.4 Å². The van der Waals surface area contributed by atoms with Crippen LogP contribution in [0.5, 0.6) is 0 Å². The number of aromatic nitrogens is 2. The van der Waals surface area contributed by atoms with E-state index < -0.39 is 10.9 Å². The van der Waals surface area contributed by atoms with Crippen LogP contribution in [-0.4, -0.2) is 8.75 Å². The second kappa shape index (κ2) is 10.7. The van der Waals surface area contributed by atoms with Gasteiger partial charge in [0.15, 0.2) is 0 Å². The van der Waals surface area contributed by atoms with E-state index in [1.165, 1.54) is 11.1 Å². The predicted octanol–water partition coefficient (Wildman–Crippen LogP) is 8.64. The third-order valence-electron chi connectivity index (χ3n) is 8.11. The van der Waals surface area contributed by atoms with Crippen molar-refractivity contribution >= 4 is 77.7 Å². The van der Waals surface area contributed by atoms with Gasteiger partial charge < -0.3 is 4.90 Å². The zero-order chi connectivity index (χ0) is 30.7. The van der Waals surface area contributed by atoms with Crippen LogP contribution in [0.1, 0.15) is 11.1 Å². The van der Waals surface area contributed by atoms with E-state index in [1.807, 2.05) is 12.1 Å². The molecule has 0 unspecified atom stereocenters. The fourth-order valence-electron chi connectivity index (χ4n) is 5.81. The summed E-state index contributed by atoms with van der Waals surface area (Å²) in [6.07, 6.45) is 0. The van der Waals surface area contributed by atoms with E-state index in [9.17, 15) is 9.59 Å². The minimum Gasteiger partial charge on any atom is -0.301 e. The molecule has 0 bridgehead atoms. The highest BCUT2D eigenvalue weighted by Gasteiger charge is 2.23. The summed E-state index contributed by atoms with van der Waals surface area (Å²) in [5.74, 6) is 0. The lowest BCUT2D eigenvalue weighted by atomic mass is 10.1. The van der Waals surface area contributed by atoms with Crippen molar-refractivity contribution in [1.82, 2.24) is 8.75 Å². The van der Waals surface area contributed by atoms with E-state index in [0.29, 0.717) is 27.5 Å². The Hall–Kier alpha value is -5.31. The number of fused-ring (bicyclic) bond motifs is 3. The molecule has 0 saturated carbocycles. The van der Waals surface area contributed by atoms with Crippen molar-refractivity contribution < 1.29 is 0 Å². The average Bonchev–Trinajstić information content (AvgIpc) is 3.77. The fourth-order valence-corrected chi connectivity index (χ4v) is 7.72. The first kappa shape index (κ1) is 27.3. The van der Waals surface area contributed by atoms with Crippen LogP contribution in [-0.2, 0) is 0 Å². The van der Waals surface area contributed by atoms with Gasteiger partial charge in [-0.25, -0.2) is 4.99 Å². The Kier molecular flexibility index (Phi) is 6.48. The molecule has 0 spiro atoms. The van der Waals surface area contributed by atoms with Crippen molar-refractivity contribution in [1.29, 1.82) is 0 Å². The molecule has 0 saturated heterocycles. The van der Waals surface area contributed by atoms with Crippen LogP contribution in [0.3, 0.4) is 0 Å². The molecule has 8 aromatic rings. The van der Waals surface area contributed by atoms with Gasteiger partial charge in [-0.1, -0.05) is 83.9 Å². The van der Waals surface area contributed by atoms with Crippen molar-refractivity contribution in [2.75, 3.05) is 4.90 Å². The number of anilines is 3. The quantitative estimate of drug-likeness (QED) is 0.180. The first-order chi connectivity index (χ1) is 22.0. The Morgan fingerprint density at radius 3 is 1.84 bits per heavy atom. The number of benzene rings is 5. The molecular weight excluding hydrogens is 597 g/mol. The van der Waals surface area contributed by atoms with Crippen LogP contribution in [0.4, 0.5) is 22.1 Å². The van der Waals surface area contributed by atoms with E-state index in [0.717, 1.165) is 49.3 Å². The van der Waals surface area contributed by atoms with Gasteiger partial charge in [0.1, 0.15) is 21.4 Å². The fraction of sp³-hybridized carbons (Fsp3) is 0.0541. The van der Waals surface area contributed by atoms with Gasteiger partial charge in [0.2, 0.25) is 5.43 Å². The van der Waals surface area contributed by atoms with Gasteiger partial charge in [-0.15, -0.1) is 11.3 Å². The van der Waals surface area contributed by atoms with E-state index in [1.54, 1.807) is 35.6 Å². The third-order valence-corrected chi connectivity index (χ3v) is 9.88. The standard InChI is InChI=1S/C37H24N4O2S2/c1-21-11-15-23(16-12-21)41(24-17-13-22(2)14-18-24)37-28-10-6-5-9-27(28)36(44-37)29-19-20-30(33-31(29)39-45-40-33)38-32-25-7-3-4-8-26(25)34(42)35(32)43/h3-20H,1-2H3. The summed E-state index contributed by atoms with van der Waals surface area (Å²) in [5, 5.41) is 4.42. The molecule has 216 valence electrons. The molecule has 8 rings (SSSR count). The molecule has 8 heteroatoms. The molecule has 0 aliphatic heterocycles. The van der Waals surface area contributed by atoms with Crippen LogP contribution in [0.15, 0.2) is 124 Å². The first-order valence-corrected chi connectivity index (χ1v) is 16.0. The highest BCUT2D eigenvalue weighted by Crippen LogP contribution is 2.50. The second-order valence-electron chi connectivity index (χ2n) is 11.0. The summed E-state index contributed by atoms with van der Waals surface area (Å²) in [6.45, 7) is 4.19. The van der Waals surface area contributed by atoms with Crippen LogP contribution in [0.2, 0.25) is 0 Å². The lowest BCUT2D eigenvalue weighted by Crippen LogP contribution is -2.30. The van der Waals surface area contributed by atoms with Gasteiger partial charge in [0.25, 0.3) is 5.43 Å². The summed E-state index contributed by atoms with van der Waals surface area (Å²) in [4.78, 5) is 33.6. The number of hydrogen-bond donors (Lipinski definition) is 0. The SMILES string of the molecule is Cc1ccc(N(c2ccc(C)cc2)c2sc(-c3ccc(N=c4c(=O)c(=O)c5ccccc45)c4nsnc34)c3ccccc23)cc1. The monoisotopic (exact) mass is 620 g/mol. The van der Waals surface area contributed by atoms with E-state index in [2.05, 4.69) is 95.9 Å². The van der Waals surface area contributed by atoms with Gasteiger partial charge in [-0.05, 0) is 50.2 Å². The topological polar surface area (TPSA) is 75.5 Å². The normalized spacial score (nSPS) is 12.1. The van der Waals surface area contributed by atoms with Crippen LogP contribution < -0.4 is 21.1 Å². The van der Waals surface area contributed by atoms with E-state index in [-0.39, 0.29) is 5.36 Å². The van der Waals surface area contributed by atoms with Gasteiger partial charge in [-0.2, -0.15) is 8.75 Å². The van der Waals surface area contributed by atoms with Gasteiger partial charge >= 0.3 is 0 Å². The maximum absolute atomic E-state index is 12.9. The molecule has 0 fully saturated rings. The predicted molar refractivity (Wildman–Crippen MR) is 186 cm³/mol. The molecule has 45 heavy (non-hydrogen) atoms. The number of aryl methyl sites for hydroxylation is 2. The maximum atomic E-state index is 12.9. The molecule has 6 aromatic carbocycles. The molecule has 0 amide bonds. The summed E-state index contributed by atoms with van der Waals surface area (Å²) >= 11 is 2.82. The molecule has 0 atom stereocenters. The summed E-state index contributed by atoms with van der Waals surface area (Å²) in [5.41, 5.74) is 6.19. The Bertz CT molecular complexity index is 2510. The zero-order valence-corrected chi connectivity index (χ0v) is 25.9. The maximum Gasteiger partial charge on any atom is 0.252 e. The Morgan fingerprint density at radius 2 is 1.18 bits per heavy atom. The molecule has 6 nitrogen and oxygen atoms in total. The Labute approximate surface area is 265 Å². The van der Waals surface area contributed by atoms with Crippen molar-refractivity contribution in [3.63, 3.8) is 0 Å². The molecule has 0 N–H and O–H groups in total. The number of hydrogen-bond acceptors (Lipinski definition) is 8.